The standard InChI is InChI=1S/C54H44N2S2/c1-33-21-25-39(35(3)29-33)53-41-27-23-38(56-47-15-7-11-19-51(47)58-52-20-12-8-16-48(52)56)32-44(41)54(40-26-22-34(2)30-36(40)4)42-28-24-37(31-43(42)53)55-45-13-5-9-17-49(45)57-50-18-10-6-14-46(50)55/h5,7,9-13,15,17-32H,6,8,14,16H2,1-4H3. The van der Waals surface area contributed by atoms with Gasteiger partial charge in [-0.1, -0.05) is 132 Å². The maximum Gasteiger partial charge on any atom is 0.0598 e. The van der Waals surface area contributed by atoms with E-state index >= 15 is 0 Å². The van der Waals surface area contributed by atoms with Crippen molar-refractivity contribution in [2.45, 2.75) is 63.2 Å². The zero-order chi connectivity index (χ0) is 39.1. The lowest BCUT2D eigenvalue weighted by molar-refractivity contribution is 0.904. The predicted molar refractivity (Wildman–Crippen MR) is 251 cm³/mol. The molecule has 0 fully saturated rings. The molecule has 58 heavy (non-hydrogen) atoms. The second kappa shape index (κ2) is 14.0. The van der Waals surface area contributed by atoms with E-state index in [0.717, 1.165) is 25.7 Å². The zero-order valence-corrected chi connectivity index (χ0v) is 35.0. The van der Waals surface area contributed by atoms with Gasteiger partial charge in [0.2, 0.25) is 0 Å². The summed E-state index contributed by atoms with van der Waals surface area (Å²) in [5.74, 6) is 0. The monoisotopic (exact) mass is 784 g/mol. The first-order valence-electron chi connectivity index (χ1n) is 20.5. The maximum atomic E-state index is 2.55. The normalized spacial score (nSPS) is 15.9. The molecule has 0 radical (unpaired) electrons. The fraction of sp³-hybridized carbons (Fsp3) is 0.148. The summed E-state index contributed by atoms with van der Waals surface area (Å²) < 4.78 is 0. The van der Waals surface area contributed by atoms with Crippen molar-refractivity contribution < 1.29 is 0 Å². The lowest BCUT2D eigenvalue weighted by atomic mass is 9.83. The highest BCUT2D eigenvalue weighted by molar-refractivity contribution is 8.03. The number of hydrogen-bond donors (Lipinski definition) is 0. The van der Waals surface area contributed by atoms with Gasteiger partial charge in [0.25, 0.3) is 0 Å². The van der Waals surface area contributed by atoms with Crippen molar-refractivity contribution in [2.24, 2.45) is 0 Å². The number of anilines is 4. The molecule has 2 nitrogen and oxygen atoms in total. The SMILES string of the molecule is Cc1ccc(-c2c3ccc(N4C5=C(C=CCC5)Sc5ccccc54)cc3c(-c3ccc(C)cc3C)c3ccc(N4C5=C(C=CCC5)Sc5ccccc54)cc23)c(C)c1. The molecular formula is C54H44N2S2. The van der Waals surface area contributed by atoms with Gasteiger partial charge in [0, 0.05) is 42.4 Å². The molecule has 0 saturated heterocycles. The van der Waals surface area contributed by atoms with E-state index in [1.807, 2.05) is 23.5 Å². The van der Waals surface area contributed by atoms with E-state index in [4.69, 9.17) is 0 Å². The number of para-hydroxylation sites is 2. The summed E-state index contributed by atoms with van der Waals surface area (Å²) in [7, 11) is 0. The lowest BCUT2D eigenvalue weighted by Crippen LogP contribution is -2.22. The van der Waals surface area contributed by atoms with Crippen LogP contribution in [0.5, 0.6) is 0 Å². The summed E-state index contributed by atoms with van der Waals surface area (Å²) in [6.07, 6.45) is 13.5. The van der Waals surface area contributed by atoms with E-state index < -0.39 is 0 Å². The molecule has 0 spiro atoms. The number of nitrogens with zero attached hydrogens (tertiary/aromatic N) is 2. The third-order valence-corrected chi connectivity index (χ3v) is 14.6. The number of rotatable bonds is 4. The van der Waals surface area contributed by atoms with E-state index in [2.05, 4.69) is 183 Å². The highest BCUT2D eigenvalue weighted by Gasteiger charge is 2.30. The van der Waals surface area contributed by atoms with Crippen LogP contribution in [0.15, 0.2) is 177 Å². The van der Waals surface area contributed by atoms with Gasteiger partial charge in [-0.15, -0.1) is 0 Å². The molecule has 2 heterocycles. The molecule has 0 bridgehead atoms. The van der Waals surface area contributed by atoms with Crippen LogP contribution >= 0.6 is 23.5 Å². The molecule has 0 N–H and O–H groups in total. The molecule has 7 aromatic carbocycles. The number of aryl methyl sites for hydroxylation is 4. The number of hydrogen-bond acceptors (Lipinski definition) is 4. The highest BCUT2D eigenvalue weighted by Crippen LogP contribution is 2.54. The average molecular weight is 785 g/mol. The second-order valence-electron chi connectivity index (χ2n) is 16.2. The largest absolute Gasteiger partial charge is 0.312 e. The third-order valence-electron chi connectivity index (χ3n) is 12.3. The second-order valence-corrected chi connectivity index (χ2v) is 18.3. The van der Waals surface area contributed by atoms with E-state index in [-0.39, 0.29) is 0 Å². The highest BCUT2D eigenvalue weighted by atomic mass is 32.2. The molecular weight excluding hydrogens is 741 g/mol. The Bertz CT molecular complexity index is 2810. The Hall–Kier alpha value is -5.68. The minimum absolute atomic E-state index is 1.02. The topological polar surface area (TPSA) is 6.48 Å². The lowest BCUT2D eigenvalue weighted by Gasteiger charge is -2.36. The van der Waals surface area contributed by atoms with Gasteiger partial charge in [-0.2, -0.15) is 0 Å². The minimum Gasteiger partial charge on any atom is -0.312 e. The quantitative estimate of drug-likeness (QED) is 0.164. The molecule has 282 valence electrons. The molecule has 4 aliphatic rings. The molecule has 4 heteroatoms. The van der Waals surface area contributed by atoms with E-state index in [9.17, 15) is 0 Å². The van der Waals surface area contributed by atoms with Gasteiger partial charge < -0.3 is 9.80 Å². The van der Waals surface area contributed by atoms with Crippen LogP contribution in [-0.2, 0) is 0 Å². The van der Waals surface area contributed by atoms with Crippen molar-refractivity contribution in [3.63, 3.8) is 0 Å². The molecule has 2 aliphatic carbocycles. The Labute approximate surface area is 350 Å². The summed E-state index contributed by atoms with van der Waals surface area (Å²) in [6.45, 7) is 8.97. The van der Waals surface area contributed by atoms with Crippen molar-refractivity contribution in [2.75, 3.05) is 9.80 Å². The van der Waals surface area contributed by atoms with Gasteiger partial charge in [0.15, 0.2) is 0 Å². The molecule has 0 atom stereocenters. The van der Waals surface area contributed by atoms with E-state index in [1.165, 1.54) is 120 Å². The van der Waals surface area contributed by atoms with E-state index in [0.29, 0.717) is 0 Å². The Morgan fingerprint density at radius 3 is 1.34 bits per heavy atom. The van der Waals surface area contributed by atoms with Crippen LogP contribution in [0.4, 0.5) is 22.7 Å². The predicted octanol–water partition coefficient (Wildman–Crippen LogP) is 16.2. The molecule has 0 aromatic heterocycles. The summed E-state index contributed by atoms with van der Waals surface area (Å²) in [4.78, 5) is 10.4. The Morgan fingerprint density at radius 1 is 0.448 bits per heavy atom. The van der Waals surface area contributed by atoms with Crippen LogP contribution in [0.25, 0.3) is 43.8 Å². The maximum absolute atomic E-state index is 2.55. The van der Waals surface area contributed by atoms with Crippen LogP contribution in [0.3, 0.4) is 0 Å². The molecule has 0 saturated carbocycles. The van der Waals surface area contributed by atoms with Gasteiger partial charge in [0.1, 0.15) is 0 Å². The third kappa shape index (κ3) is 5.72. The molecule has 11 rings (SSSR count). The summed E-state index contributed by atoms with van der Waals surface area (Å²) >= 11 is 3.81. The average Bonchev–Trinajstić information content (AvgIpc) is 3.24. The number of allylic oxidation sites excluding steroid dienone is 6. The molecule has 2 aliphatic heterocycles. The summed E-state index contributed by atoms with van der Waals surface area (Å²) in [5.41, 5.74) is 18.1. The van der Waals surface area contributed by atoms with Gasteiger partial charge in [-0.05, 0) is 157 Å². The van der Waals surface area contributed by atoms with Crippen LogP contribution in [0, 0.1) is 27.7 Å². The first kappa shape index (κ1) is 35.5. The van der Waals surface area contributed by atoms with Crippen LogP contribution in [0.1, 0.15) is 47.9 Å². The van der Waals surface area contributed by atoms with Crippen molar-refractivity contribution in [3.8, 4) is 22.3 Å². The van der Waals surface area contributed by atoms with Crippen molar-refractivity contribution in [3.05, 3.63) is 189 Å². The van der Waals surface area contributed by atoms with Gasteiger partial charge >= 0.3 is 0 Å². The van der Waals surface area contributed by atoms with Gasteiger partial charge in [-0.3, -0.25) is 0 Å². The summed E-state index contributed by atoms with van der Waals surface area (Å²) in [5, 5.41) is 5.13. The molecule has 0 amide bonds. The fourth-order valence-electron chi connectivity index (χ4n) is 9.71. The van der Waals surface area contributed by atoms with Crippen LogP contribution < -0.4 is 9.80 Å². The van der Waals surface area contributed by atoms with Crippen LogP contribution in [-0.4, -0.2) is 0 Å². The summed E-state index contributed by atoms with van der Waals surface area (Å²) in [6, 6.07) is 46.5. The van der Waals surface area contributed by atoms with Crippen molar-refractivity contribution >= 4 is 67.8 Å². The number of thioether (sulfide) groups is 2. The van der Waals surface area contributed by atoms with Gasteiger partial charge in [0.05, 0.1) is 11.4 Å². The van der Waals surface area contributed by atoms with Gasteiger partial charge in [-0.25, -0.2) is 0 Å². The van der Waals surface area contributed by atoms with E-state index in [1.54, 1.807) is 0 Å². The fourth-order valence-corrected chi connectivity index (χ4v) is 12.0. The minimum atomic E-state index is 1.02. The zero-order valence-electron chi connectivity index (χ0n) is 33.4. The van der Waals surface area contributed by atoms with Crippen LogP contribution in [0.2, 0.25) is 0 Å². The molecule has 7 aromatic rings. The smallest absolute Gasteiger partial charge is 0.0598 e. The number of fused-ring (bicyclic) bond motifs is 4. The molecule has 0 unspecified atom stereocenters. The first-order valence-corrected chi connectivity index (χ1v) is 22.2. The Kier molecular flexibility index (Phi) is 8.57. The van der Waals surface area contributed by atoms with Crippen molar-refractivity contribution in [1.82, 2.24) is 0 Å². The number of benzene rings is 7. The first-order chi connectivity index (χ1) is 28.4. The van der Waals surface area contributed by atoms with Crippen molar-refractivity contribution in [1.29, 1.82) is 0 Å². The Balaban J connectivity index is 1.25. The Morgan fingerprint density at radius 2 is 0.897 bits per heavy atom.